The molecule has 130 valence electrons. The summed E-state index contributed by atoms with van der Waals surface area (Å²) >= 11 is 0. The topological polar surface area (TPSA) is 74.2 Å². The van der Waals surface area contributed by atoms with E-state index in [1.54, 1.807) is 25.3 Å². The summed E-state index contributed by atoms with van der Waals surface area (Å²) in [7, 11) is 4.59. The molecule has 6 heteroatoms. The fourth-order valence-corrected chi connectivity index (χ4v) is 2.89. The van der Waals surface area contributed by atoms with E-state index in [-0.39, 0.29) is 5.56 Å². The smallest absolute Gasteiger partial charge is 0.339 e. The molecule has 6 nitrogen and oxygen atoms in total. The molecule has 2 aromatic carbocycles. The van der Waals surface area contributed by atoms with Crippen molar-refractivity contribution in [2.24, 2.45) is 0 Å². The molecule has 2 aromatic rings. The van der Waals surface area contributed by atoms with Crippen LogP contribution in [-0.4, -0.2) is 39.0 Å². The molecule has 3 rings (SSSR count). The second-order valence-corrected chi connectivity index (χ2v) is 5.34. The molecule has 25 heavy (non-hydrogen) atoms. The molecule has 0 aliphatic carbocycles. The summed E-state index contributed by atoms with van der Waals surface area (Å²) in [6.07, 6.45) is 3.69. The summed E-state index contributed by atoms with van der Waals surface area (Å²) in [5, 5.41) is 9.54. The summed E-state index contributed by atoms with van der Waals surface area (Å²) in [6.45, 7) is 0.353. The summed E-state index contributed by atoms with van der Waals surface area (Å²) in [5.74, 6) is 0.775. The van der Waals surface area contributed by atoms with Gasteiger partial charge in [0.2, 0.25) is 5.75 Å². The van der Waals surface area contributed by atoms with Gasteiger partial charge in [0.25, 0.3) is 0 Å². The van der Waals surface area contributed by atoms with E-state index < -0.39 is 5.97 Å². The Morgan fingerprint density at radius 3 is 2.48 bits per heavy atom. The third kappa shape index (κ3) is 2.87. The van der Waals surface area contributed by atoms with Gasteiger partial charge >= 0.3 is 5.97 Å². The third-order valence-corrected chi connectivity index (χ3v) is 3.98. The summed E-state index contributed by atoms with van der Waals surface area (Å²) in [5.41, 5.74) is 2.19. The number of carboxylic acids is 1. The monoisotopic (exact) mass is 342 g/mol. The van der Waals surface area contributed by atoms with Crippen LogP contribution in [0.1, 0.15) is 15.9 Å². The summed E-state index contributed by atoms with van der Waals surface area (Å²) < 4.78 is 21.7. The first-order valence-electron chi connectivity index (χ1n) is 7.60. The Kier molecular flexibility index (Phi) is 4.52. The van der Waals surface area contributed by atoms with Crippen LogP contribution in [0.25, 0.3) is 17.2 Å². The Balaban J connectivity index is 2.25. The second-order valence-electron chi connectivity index (χ2n) is 5.34. The van der Waals surface area contributed by atoms with E-state index in [1.807, 2.05) is 18.2 Å². The van der Waals surface area contributed by atoms with Crippen molar-refractivity contribution in [3.05, 3.63) is 41.5 Å². The predicted molar refractivity (Wildman–Crippen MR) is 93.0 cm³/mol. The van der Waals surface area contributed by atoms with Crippen molar-refractivity contribution < 1.29 is 28.8 Å². The molecule has 0 radical (unpaired) electrons. The van der Waals surface area contributed by atoms with Crippen LogP contribution in [0.15, 0.2) is 30.3 Å². The van der Waals surface area contributed by atoms with Crippen molar-refractivity contribution in [2.75, 3.05) is 27.9 Å². The van der Waals surface area contributed by atoms with Gasteiger partial charge in [-0.05, 0) is 35.9 Å². The van der Waals surface area contributed by atoms with E-state index in [2.05, 4.69) is 0 Å². The number of carbonyl (C=O) groups is 1. The van der Waals surface area contributed by atoms with Gasteiger partial charge in [0.05, 0.1) is 21.3 Å². The maximum atomic E-state index is 11.7. The zero-order chi connectivity index (χ0) is 18.0. The lowest BCUT2D eigenvalue weighted by Gasteiger charge is -2.19. The fraction of sp³-hybridized carbons (Fsp3) is 0.211. The zero-order valence-electron chi connectivity index (χ0n) is 14.2. The number of carboxylic acid groups (broad SMARTS) is 1. The maximum absolute atomic E-state index is 11.7. The average molecular weight is 342 g/mol. The molecule has 0 spiro atoms. The zero-order valence-corrected chi connectivity index (χ0v) is 14.2. The van der Waals surface area contributed by atoms with Crippen LogP contribution in [-0.2, 0) is 0 Å². The van der Waals surface area contributed by atoms with E-state index >= 15 is 0 Å². The van der Waals surface area contributed by atoms with E-state index in [0.29, 0.717) is 46.3 Å². The highest BCUT2D eigenvalue weighted by Gasteiger charge is 2.22. The standard InChI is InChI=1S/C19H18O6/c1-22-15-7-6-13(17(23-2)18(15)24-3)12-9-11-5-4-8-25-16(11)14(10-12)19(20)21/h4-7,9-10H,8H2,1-3H3,(H,20,21). The highest BCUT2D eigenvalue weighted by atomic mass is 16.5. The van der Waals surface area contributed by atoms with Crippen LogP contribution in [0, 0.1) is 0 Å². The van der Waals surface area contributed by atoms with Gasteiger partial charge in [-0.2, -0.15) is 0 Å². The van der Waals surface area contributed by atoms with Crippen LogP contribution in [0.4, 0.5) is 0 Å². The minimum absolute atomic E-state index is 0.105. The Morgan fingerprint density at radius 2 is 1.84 bits per heavy atom. The van der Waals surface area contributed by atoms with Crippen molar-refractivity contribution in [1.82, 2.24) is 0 Å². The van der Waals surface area contributed by atoms with Gasteiger partial charge in [0.15, 0.2) is 11.5 Å². The molecule has 0 bridgehead atoms. The first-order valence-corrected chi connectivity index (χ1v) is 7.60. The number of hydrogen-bond donors (Lipinski definition) is 1. The third-order valence-electron chi connectivity index (χ3n) is 3.98. The van der Waals surface area contributed by atoms with Gasteiger partial charge in [-0.15, -0.1) is 0 Å². The first kappa shape index (κ1) is 16.7. The maximum Gasteiger partial charge on any atom is 0.339 e. The Bertz CT molecular complexity index is 853. The molecular weight excluding hydrogens is 324 g/mol. The minimum atomic E-state index is -1.05. The second kappa shape index (κ2) is 6.76. The SMILES string of the molecule is COc1ccc(-c2cc3c(c(C(=O)O)c2)OCC=C3)c(OC)c1OC. The molecule has 0 unspecified atom stereocenters. The Labute approximate surface area is 145 Å². The van der Waals surface area contributed by atoms with Gasteiger partial charge in [-0.1, -0.05) is 6.08 Å². The number of aromatic carboxylic acids is 1. The van der Waals surface area contributed by atoms with Gasteiger partial charge in [0, 0.05) is 11.1 Å². The number of fused-ring (bicyclic) bond motifs is 1. The fourth-order valence-electron chi connectivity index (χ4n) is 2.89. The lowest BCUT2D eigenvalue weighted by atomic mass is 9.96. The first-order chi connectivity index (χ1) is 12.1. The van der Waals surface area contributed by atoms with Crippen molar-refractivity contribution >= 4 is 12.0 Å². The van der Waals surface area contributed by atoms with Gasteiger partial charge in [-0.3, -0.25) is 0 Å². The predicted octanol–water partition coefficient (Wildman–Crippen LogP) is 3.48. The molecule has 0 saturated carbocycles. The lowest BCUT2D eigenvalue weighted by Crippen LogP contribution is -2.08. The normalized spacial score (nSPS) is 12.1. The van der Waals surface area contributed by atoms with Gasteiger partial charge in [-0.25, -0.2) is 4.79 Å². The number of hydrogen-bond acceptors (Lipinski definition) is 5. The van der Waals surface area contributed by atoms with Crippen LogP contribution in [0.3, 0.4) is 0 Å². The largest absolute Gasteiger partial charge is 0.493 e. The lowest BCUT2D eigenvalue weighted by molar-refractivity contribution is 0.0692. The van der Waals surface area contributed by atoms with E-state index in [4.69, 9.17) is 18.9 Å². The Morgan fingerprint density at radius 1 is 1.08 bits per heavy atom. The average Bonchev–Trinajstić information content (AvgIpc) is 2.65. The molecular formula is C19H18O6. The van der Waals surface area contributed by atoms with Crippen molar-refractivity contribution in [3.63, 3.8) is 0 Å². The molecule has 0 aromatic heterocycles. The minimum Gasteiger partial charge on any atom is -0.493 e. The highest BCUT2D eigenvalue weighted by Crippen LogP contribution is 2.45. The van der Waals surface area contributed by atoms with Crippen molar-refractivity contribution in [1.29, 1.82) is 0 Å². The van der Waals surface area contributed by atoms with E-state index in [1.165, 1.54) is 14.2 Å². The molecule has 1 N–H and O–H groups in total. The van der Waals surface area contributed by atoms with Crippen LogP contribution >= 0.6 is 0 Å². The van der Waals surface area contributed by atoms with Crippen molar-refractivity contribution in [2.45, 2.75) is 0 Å². The Hall–Kier alpha value is -3.15. The number of ether oxygens (including phenoxy) is 4. The number of methoxy groups -OCH3 is 3. The highest BCUT2D eigenvalue weighted by molar-refractivity contribution is 5.95. The quantitative estimate of drug-likeness (QED) is 0.897. The van der Waals surface area contributed by atoms with Crippen LogP contribution < -0.4 is 18.9 Å². The molecule has 1 aliphatic heterocycles. The van der Waals surface area contributed by atoms with Crippen molar-refractivity contribution in [3.8, 4) is 34.1 Å². The molecule has 0 amide bonds. The number of benzene rings is 2. The van der Waals surface area contributed by atoms with E-state index in [0.717, 1.165) is 0 Å². The van der Waals surface area contributed by atoms with Crippen LogP contribution in [0.5, 0.6) is 23.0 Å². The van der Waals surface area contributed by atoms with E-state index in [9.17, 15) is 9.90 Å². The molecule has 1 heterocycles. The van der Waals surface area contributed by atoms with Crippen LogP contribution in [0.2, 0.25) is 0 Å². The molecule has 0 saturated heterocycles. The molecule has 1 aliphatic rings. The number of rotatable bonds is 5. The van der Waals surface area contributed by atoms with Gasteiger partial charge < -0.3 is 24.1 Å². The molecule has 0 atom stereocenters. The summed E-state index contributed by atoms with van der Waals surface area (Å²) in [6, 6.07) is 7.00. The summed E-state index contributed by atoms with van der Waals surface area (Å²) in [4.78, 5) is 11.7. The molecule has 0 fully saturated rings. The van der Waals surface area contributed by atoms with Gasteiger partial charge in [0.1, 0.15) is 17.9 Å².